The van der Waals surface area contributed by atoms with Gasteiger partial charge in [-0.05, 0) is 13.0 Å². The van der Waals surface area contributed by atoms with E-state index in [-0.39, 0.29) is 11.8 Å². The maximum atomic E-state index is 12.1. The molecule has 0 saturated heterocycles. The van der Waals surface area contributed by atoms with Crippen molar-refractivity contribution in [2.75, 3.05) is 19.5 Å². The van der Waals surface area contributed by atoms with Crippen LogP contribution in [0.4, 0.5) is 5.82 Å². The van der Waals surface area contributed by atoms with E-state index in [1.54, 1.807) is 18.2 Å². The number of aromatic nitrogens is 3. The highest BCUT2D eigenvalue weighted by Crippen LogP contribution is 2.20. The summed E-state index contributed by atoms with van der Waals surface area (Å²) in [5.41, 5.74) is 1.17. The third-order valence-electron chi connectivity index (χ3n) is 2.43. The molecule has 2 N–H and O–H groups in total. The first-order valence-electron chi connectivity index (χ1n) is 5.56. The van der Waals surface area contributed by atoms with Crippen LogP contribution in [0, 0.1) is 6.92 Å². The van der Waals surface area contributed by atoms with Crippen molar-refractivity contribution < 1.29 is 14.3 Å². The largest absolute Gasteiger partial charge is 0.481 e. The summed E-state index contributed by atoms with van der Waals surface area (Å²) in [6.07, 6.45) is 0. The van der Waals surface area contributed by atoms with Crippen molar-refractivity contribution >= 4 is 11.7 Å². The lowest BCUT2D eigenvalue weighted by Gasteiger charge is -2.08. The monoisotopic (exact) mass is 262 g/mol. The average molecular weight is 262 g/mol. The van der Waals surface area contributed by atoms with Crippen LogP contribution in [-0.4, -0.2) is 35.3 Å². The summed E-state index contributed by atoms with van der Waals surface area (Å²) in [4.78, 5) is 16.1. The predicted octanol–water partition coefficient (Wildman–Crippen LogP) is 1.38. The van der Waals surface area contributed by atoms with Crippen molar-refractivity contribution in [2.24, 2.45) is 0 Å². The van der Waals surface area contributed by atoms with Gasteiger partial charge >= 0.3 is 0 Å². The average Bonchev–Trinajstić information content (AvgIpc) is 2.83. The fourth-order valence-electron chi connectivity index (χ4n) is 1.53. The molecule has 1 amide bonds. The van der Waals surface area contributed by atoms with Crippen LogP contribution in [-0.2, 0) is 0 Å². The van der Waals surface area contributed by atoms with Gasteiger partial charge in [0.2, 0.25) is 11.8 Å². The SMILES string of the molecule is COc1ccc(C(=O)Nc2cc(C)[nH]n2)c(OC)n1. The number of nitrogens with one attached hydrogen (secondary N) is 2. The van der Waals surface area contributed by atoms with Crippen molar-refractivity contribution in [1.29, 1.82) is 0 Å². The van der Waals surface area contributed by atoms with Gasteiger partial charge in [0.1, 0.15) is 5.56 Å². The van der Waals surface area contributed by atoms with Crippen LogP contribution in [0.25, 0.3) is 0 Å². The van der Waals surface area contributed by atoms with Crippen molar-refractivity contribution in [1.82, 2.24) is 15.2 Å². The minimum atomic E-state index is -0.349. The van der Waals surface area contributed by atoms with Crippen LogP contribution in [0.3, 0.4) is 0 Å². The zero-order valence-electron chi connectivity index (χ0n) is 10.9. The van der Waals surface area contributed by atoms with Gasteiger partial charge < -0.3 is 14.8 Å². The van der Waals surface area contributed by atoms with Gasteiger partial charge in [0.05, 0.1) is 14.2 Å². The van der Waals surface area contributed by atoms with Gasteiger partial charge in [-0.15, -0.1) is 0 Å². The van der Waals surface area contributed by atoms with Crippen LogP contribution in [0.1, 0.15) is 16.1 Å². The quantitative estimate of drug-likeness (QED) is 0.869. The molecule has 100 valence electrons. The van der Waals surface area contributed by atoms with Crippen molar-refractivity contribution in [3.05, 3.63) is 29.5 Å². The molecule has 0 aliphatic heterocycles. The van der Waals surface area contributed by atoms with Gasteiger partial charge in [-0.2, -0.15) is 10.1 Å². The number of carbonyl (C=O) groups excluding carboxylic acids is 1. The molecule has 0 bridgehead atoms. The molecule has 19 heavy (non-hydrogen) atoms. The number of amides is 1. The first kappa shape index (κ1) is 12.9. The van der Waals surface area contributed by atoms with Crippen molar-refractivity contribution in [2.45, 2.75) is 6.92 Å². The Balaban J connectivity index is 2.23. The second-order valence-electron chi connectivity index (χ2n) is 3.80. The second kappa shape index (κ2) is 5.38. The molecular formula is C12H14N4O3. The van der Waals surface area contributed by atoms with Gasteiger partial charge in [-0.3, -0.25) is 9.89 Å². The van der Waals surface area contributed by atoms with Crippen LogP contribution < -0.4 is 14.8 Å². The summed E-state index contributed by atoms with van der Waals surface area (Å²) in [6.45, 7) is 1.85. The number of aryl methyl sites for hydroxylation is 1. The number of H-pyrrole nitrogens is 1. The number of aromatic amines is 1. The fraction of sp³-hybridized carbons (Fsp3) is 0.250. The van der Waals surface area contributed by atoms with E-state index in [9.17, 15) is 4.79 Å². The van der Waals surface area contributed by atoms with E-state index in [1.165, 1.54) is 14.2 Å². The molecule has 2 aromatic heterocycles. The third kappa shape index (κ3) is 2.82. The maximum Gasteiger partial charge on any atom is 0.262 e. The molecule has 2 heterocycles. The number of hydrogen-bond acceptors (Lipinski definition) is 5. The highest BCUT2D eigenvalue weighted by Gasteiger charge is 2.15. The molecule has 0 aliphatic rings. The lowest BCUT2D eigenvalue weighted by Crippen LogP contribution is -2.14. The van der Waals surface area contributed by atoms with Gasteiger partial charge in [-0.1, -0.05) is 0 Å². The van der Waals surface area contributed by atoms with Crippen LogP contribution in [0.2, 0.25) is 0 Å². The van der Waals surface area contributed by atoms with Crippen molar-refractivity contribution in [3.63, 3.8) is 0 Å². The van der Waals surface area contributed by atoms with E-state index in [2.05, 4.69) is 20.5 Å². The first-order chi connectivity index (χ1) is 9.13. The number of rotatable bonds is 4. The van der Waals surface area contributed by atoms with Crippen LogP contribution in [0.5, 0.6) is 11.8 Å². The number of pyridine rings is 1. The Kier molecular flexibility index (Phi) is 3.65. The first-order valence-corrected chi connectivity index (χ1v) is 5.56. The fourth-order valence-corrected chi connectivity index (χ4v) is 1.53. The number of hydrogen-bond donors (Lipinski definition) is 2. The molecule has 0 fully saturated rings. The lowest BCUT2D eigenvalue weighted by molar-refractivity contribution is 0.102. The Hall–Kier alpha value is -2.57. The van der Waals surface area contributed by atoms with Crippen LogP contribution >= 0.6 is 0 Å². The lowest BCUT2D eigenvalue weighted by atomic mass is 10.2. The van der Waals surface area contributed by atoms with Gasteiger partial charge in [0, 0.05) is 17.8 Å². The maximum absolute atomic E-state index is 12.1. The Morgan fingerprint density at radius 2 is 2.11 bits per heavy atom. The Labute approximate surface area is 110 Å². The van der Waals surface area contributed by atoms with E-state index in [4.69, 9.17) is 9.47 Å². The summed E-state index contributed by atoms with van der Waals surface area (Å²) in [5, 5.41) is 9.32. The molecule has 0 atom stereocenters. The summed E-state index contributed by atoms with van der Waals surface area (Å²) in [5.74, 6) is 0.673. The van der Waals surface area contributed by atoms with Gasteiger partial charge in [0.15, 0.2) is 5.82 Å². The summed E-state index contributed by atoms with van der Waals surface area (Å²) in [6, 6.07) is 4.90. The zero-order valence-corrected chi connectivity index (χ0v) is 10.9. The standard InChI is InChI=1S/C12H14N4O3/c1-7-6-9(16-15-7)13-11(17)8-4-5-10(18-2)14-12(8)19-3/h4-6H,1-3H3,(H2,13,15,16,17). The predicted molar refractivity (Wildman–Crippen MR) is 68.6 cm³/mol. The van der Waals surface area contributed by atoms with E-state index < -0.39 is 0 Å². The van der Waals surface area contributed by atoms with Gasteiger partial charge in [-0.25, -0.2) is 0 Å². The number of ether oxygens (including phenoxy) is 2. The molecule has 0 radical (unpaired) electrons. The van der Waals surface area contributed by atoms with E-state index >= 15 is 0 Å². The summed E-state index contributed by atoms with van der Waals surface area (Å²) < 4.78 is 10.0. The second-order valence-corrected chi connectivity index (χ2v) is 3.80. The number of methoxy groups -OCH3 is 2. The molecule has 0 unspecified atom stereocenters. The zero-order chi connectivity index (χ0) is 13.8. The number of nitrogens with zero attached hydrogens (tertiary/aromatic N) is 2. The molecule has 0 aromatic carbocycles. The molecule has 2 rings (SSSR count). The minimum absolute atomic E-state index is 0.198. The topological polar surface area (TPSA) is 89.1 Å². The molecule has 7 heteroatoms. The van der Waals surface area contributed by atoms with E-state index in [1.807, 2.05) is 6.92 Å². The normalized spacial score (nSPS) is 10.1. The Morgan fingerprint density at radius 3 is 2.68 bits per heavy atom. The number of carbonyl (C=O) groups is 1. The third-order valence-corrected chi connectivity index (χ3v) is 2.43. The molecular weight excluding hydrogens is 248 g/mol. The molecule has 0 spiro atoms. The number of anilines is 1. The highest BCUT2D eigenvalue weighted by molar-refractivity contribution is 6.05. The Morgan fingerprint density at radius 1 is 1.32 bits per heavy atom. The van der Waals surface area contributed by atoms with Gasteiger partial charge in [0.25, 0.3) is 5.91 Å². The molecule has 7 nitrogen and oxygen atoms in total. The minimum Gasteiger partial charge on any atom is -0.481 e. The Bertz CT molecular complexity index is 594. The van der Waals surface area contributed by atoms with Crippen molar-refractivity contribution in [3.8, 4) is 11.8 Å². The summed E-state index contributed by atoms with van der Waals surface area (Å²) in [7, 11) is 2.94. The summed E-state index contributed by atoms with van der Waals surface area (Å²) >= 11 is 0. The molecule has 2 aromatic rings. The molecule has 0 aliphatic carbocycles. The molecule has 0 saturated carbocycles. The smallest absolute Gasteiger partial charge is 0.262 e. The van der Waals surface area contributed by atoms with E-state index in [0.29, 0.717) is 17.3 Å². The van der Waals surface area contributed by atoms with E-state index in [0.717, 1.165) is 5.69 Å². The van der Waals surface area contributed by atoms with Crippen LogP contribution in [0.15, 0.2) is 18.2 Å². The highest BCUT2D eigenvalue weighted by atomic mass is 16.5.